The minimum Gasteiger partial charge on any atom is -0.376 e. The van der Waals surface area contributed by atoms with Gasteiger partial charge in [-0.3, -0.25) is 9.59 Å². The molecule has 0 radical (unpaired) electrons. The van der Waals surface area contributed by atoms with Gasteiger partial charge in [-0.15, -0.1) is 0 Å². The van der Waals surface area contributed by atoms with Gasteiger partial charge in [0.2, 0.25) is 11.8 Å². The fourth-order valence-corrected chi connectivity index (χ4v) is 2.09. The molecule has 0 atom stereocenters. The van der Waals surface area contributed by atoms with Crippen molar-refractivity contribution in [3.05, 3.63) is 59.7 Å². The third kappa shape index (κ3) is 4.85. The number of nitrogens with two attached hydrogens (primary N) is 1. The second-order valence-electron chi connectivity index (χ2n) is 5.62. The number of amides is 2. The number of carbonyl (C=O) groups is 2. The van der Waals surface area contributed by atoms with Gasteiger partial charge >= 0.3 is 0 Å². The highest BCUT2D eigenvalue weighted by Gasteiger charge is 2.04. The van der Waals surface area contributed by atoms with Crippen molar-refractivity contribution in [2.24, 2.45) is 5.73 Å². The fraction of sp³-hybridized carbons (Fsp3) is 0.222. The molecule has 5 nitrogen and oxygen atoms in total. The number of anilines is 2. The highest BCUT2D eigenvalue weighted by molar-refractivity contribution is 5.94. The quantitative estimate of drug-likeness (QED) is 0.767. The van der Waals surface area contributed by atoms with Gasteiger partial charge in [0.1, 0.15) is 0 Å². The van der Waals surface area contributed by atoms with E-state index in [0.29, 0.717) is 11.5 Å². The van der Waals surface area contributed by atoms with E-state index in [0.717, 1.165) is 11.4 Å². The maximum absolute atomic E-state index is 11.9. The maximum Gasteiger partial charge on any atom is 0.248 e. The van der Waals surface area contributed by atoms with Crippen molar-refractivity contribution in [2.75, 3.05) is 17.2 Å². The number of primary amides is 1. The molecule has 0 aliphatic heterocycles. The summed E-state index contributed by atoms with van der Waals surface area (Å²) in [4.78, 5) is 22.9. The molecule has 120 valence electrons. The van der Waals surface area contributed by atoms with Crippen molar-refractivity contribution in [3.63, 3.8) is 0 Å². The van der Waals surface area contributed by atoms with Crippen molar-refractivity contribution in [3.8, 4) is 0 Å². The first kappa shape index (κ1) is 16.5. The second kappa shape index (κ2) is 7.45. The predicted molar refractivity (Wildman–Crippen MR) is 92.6 cm³/mol. The van der Waals surface area contributed by atoms with Crippen molar-refractivity contribution >= 4 is 23.2 Å². The standard InChI is InChI=1S/C18H21N3O2/c1-12(2)13-3-9-16(10-4-13)21-17(22)11-20-15-7-5-14(6-8-15)18(19)23/h3-10,12,20H,11H2,1-2H3,(H2,19,23)(H,21,22). The van der Waals surface area contributed by atoms with Gasteiger partial charge in [0, 0.05) is 16.9 Å². The summed E-state index contributed by atoms with van der Waals surface area (Å²) in [7, 11) is 0. The van der Waals surface area contributed by atoms with Crippen LogP contribution in [0.15, 0.2) is 48.5 Å². The molecule has 23 heavy (non-hydrogen) atoms. The Morgan fingerprint density at radius 3 is 2.04 bits per heavy atom. The Balaban J connectivity index is 1.86. The lowest BCUT2D eigenvalue weighted by atomic mass is 10.0. The lowest BCUT2D eigenvalue weighted by Crippen LogP contribution is -2.21. The van der Waals surface area contributed by atoms with E-state index in [-0.39, 0.29) is 12.5 Å². The first-order valence-corrected chi connectivity index (χ1v) is 7.49. The number of hydrogen-bond acceptors (Lipinski definition) is 3. The third-order valence-corrected chi connectivity index (χ3v) is 3.48. The Morgan fingerprint density at radius 1 is 0.957 bits per heavy atom. The Kier molecular flexibility index (Phi) is 5.36. The average Bonchev–Trinajstić information content (AvgIpc) is 2.54. The van der Waals surface area contributed by atoms with Crippen LogP contribution >= 0.6 is 0 Å². The van der Waals surface area contributed by atoms with Crippen molar-refractivity contribution in [2.45, 2.75) is 19.8 Å². The summed E-state index contributed by atoms with van der Waals surface area (Å²) >= 11 is 0. The first-order valence-electron chi connectivity index (χ1n) is 7.49. The molecular formula is C18H21N3O2. The van der Waals surface area contributed by atoms with E-state index in [2.05, 4.69) is 24.5 Å². The van der Waals surface area contributed by atoms with E-state index >= 15 is 0 Å². The number of benzene rings is 2. The van der Waals surface area contributed by atoms with Crippen molar-refractivity contribution in [1.29, 1.82) is 0 Å². The molecule has 0 aliphatic rings. The van der Waals surface area contributed by atoms with E-state index < -0.39 is 5.91 Å². The van der Waals surface area contributed by atoms with Crippen LogP contribution in [0.2, 0.25) is 0 Å². The van der Waals surface area contributed by atoms with Gasteiger partial charge < -0.3 is 16.4 Å². The average molecular weight is 311 g/mol. The molecule has 2 aromatic carbocycles. The largest absolute Gasteiger partial charge is 0.376 e. The smallest absolute Gasteiger partial charge is 0.248 e. The summed E-state index contributed by atoms with van der Waals surface area (Å²) in [5.74, 6) is -0.148. The van der Waals surface area contributed by atoms with E-state index in [1.165, 1.54) is 5.56 Å². The van der Waals surface area contributed by atoms with Crippen LogP contribution in [0.3, 0.4) is 0 Å². The molecule has 2 amide bonds. The highest BCUT2D eigenvalue weighted by Crippen LogP contribution is 2.17. The topological polar surface area (TPSA) is 84.2 Å². The van der Waals surface area contributed by atoms with Crippen LogP contribution in [0.1, 0.15) is 35.7 Å². The molecule has 0 fully saturated rings. The Labute approximate surface area is 135 Å². The summed E-state index contributed by atoms with van der Waals surface area (Å²) in [5, 5.41) is 5.83. The molecule has 0 saturated heterocycles. The van der Waals surface area contributed by atoms with Crippen LogP contribution < -0.4 is 16.4 Å². The molecule has 4 N–H and O–H groups in total. The monoisotopic (exact) mass is 311 g/mol. The Hall–Kier alpha value is -2.82. The van der Waals surface area contributed by atoms with Gasteiger partial charge in [-0.2, -0.15) is 0 Å². The van der Waals surface area contributed by atoms with Crippen molar-refractivity contribution < 1.29 is 9.59 Å². The fourth-order valence-electron chi connectivity index (χ4n) is 2.09. The molecular weight excluding hydrogens is 290 g/mol. The SMILES string of the molecule is CC(C)c1ccc(NC(=O)CNc2ccc(C(N)=O)cc2)cc1. The molecule has 0 aromatic heterocycles. The summed E-state index contributed by atoms with van der Waals surface area (Å²) < 4.78 is 0. The zero-order valence-corrected chi connectivity index (χ0v) is 13.3. The molecule has 0 spiro atoms. The van der Waals surface area contributed by atoms with Crippen molar-refractivity contribution in [1.82, 2.24) is 0 Å². The van der Waals surface area contributed by atoms with Gasteiger partial charge in [-0.1, -0.05) is 26.0 Å². The van der Waals surface area contributed by atoms with Gasteiger partial charge in [-0.25, -0.2) is 0 Å². The van der Waals surface area contributed by atoms with Gasteiger partial charge in [-0.05, 0) is 47.9 Å². The maximum atomic E-state index is 11.9. The Bertz CT molecular complexity index is 676. The predicted octanol–water partition coefficient (Wildman–Crippen LogP) is 2.96. The normalized spacial score (nSPS) is 10.4. The van der Waals surface area contributed by atoms with Crippen LogP contribution in [0.4, 0.5) is 11.4 Å². The number of nitrogens with one attached hydrogen (secondary N) is 2. The molecule has 0 aliphatic carbocycles. The third-order valence-electron chi connectivity index (χ3n) is 3.48. The van der Waals surface area contributed by atoms with Crippen LogP contribution in [-0.2, 0) is 4.79 Å². The highest BCUT2D eigenvalue weighted by atomic mass is 16.2. The molecule has 0 saturated carbocycles. The van der Waals surface area contributed by atoms with Gasteiger partial charge in [0.25, 0.3) is 0 Å². The lowest BCUT2D eigenvalue weighted by Gasteiger charge is -2.10. The minimum absolute atomic E-state index is 0.138. The van der Waals surface area contributed by atoms with Gasteiger partial charge in [0.15, 0.2) is 0 Å². The Morgan fingerprint density at radius 2 is 1.52 bits per heavy atom. The number of rotatable bonds is 6. The second-order valence-corrected chi connectivity index (χ2v) is 5.62. The molecule has 5 heteroatoms. The summed E-state index contributed by atoms with van der Waals surface area (Å²) in [5.41, 5.74) is 8.36. The molecule has 2 rings (SSSR count). The van der Waals surface area contributed by atoms with E-state index in [1.807, 2.05) is 24.3 Å². The molecule has 0 unspecified atom stereocenters. The summed E-state index contributed by atoms with van der Waals surface area (Å²) in [6, 6.07) is 14.5. The summed E-state index contributed by atoms with van der Waals surface area (Å²) in [6.07, 6.45) is 0. The van der Waals surface area contributed by atoms with Crippen LogP contribution in [0.25, 0.3) is 0 Å². The van der Waals surface area contributed by atoms with E-state index in [1.54, 1.807) is 24.3 Å². The van der Waals surface area contributed by atoms with Crippen LogP contribution in [0.5, 0.6) is 0 Å². The van der Waals surface area contributed by atoms with E-state index in [9.17, 15) is 9.59 Å². The zero-order chi connectivity index (χ0) is 16.8. The number of hydrogen-bond donors (Lipinski definition) is 3. The molecule has 0 bridgehead atoms. The van der Waals surface area contributed by atoms with E-state index in [4.69, 9.17) is 5.73 Å². The minimum atomic E-state index is -0.473. The zero-order valence-electron chi connectivity index (χ0n) is 13.3. The first-order chi connectivity index (χ1) is 11.0. The summed E-state index contributed by atoms with van der Waals surface area (Å²) in [6.45, 7) is 4.39. The lowest BCUT2D eigenvalue weighted by molar-refractivity contribution is -0.114. The number of carbonyl (C=O) groups excluding carboxylic acids is 2. The van der Waals surface area contributed by atoms with Gasteiger partial charge in [0.05, 0.1) is 6.54 Å². The molecule has 2 aromatic rings. The van der Waals surface area contributed by atoms with Crippen LogP contribution in [-0.4, -0.2) is 18.4 Å². The molecule has 0 heterocycles. The van der Waals surface area contributed by atoms with Crippen LogP contribution in [0, 0.1) is 0 Å².